The molecule has 0 unspecified atom stereocenters. The lowest BCUT2D eigenvalue weighted by atomic mass is 10.2. The molecule has 10 heteroatoms. The first-order valence-corrected chi connectivity index (χ1v) is 11.8. The molecule has 0 N–H and O–H groups in total. The minimum atomic E-state index is -4.02. The molecule has 164 valence electrons. The maximum Gasteiger partial charge on any atom is 0.339 e. The molecule has 0 amide bonds. The van der Waals surface area contributed by atoms with Gasteiger partial charge in [0.1, 0.15) is 17.3 Å². The fourth-order valence-electron chi connectivity index (χ4n) is 2.98. The van der Waals surface area contributed by atoms with E-state index in [2.05, 4.69) is 4.98 Å². The number of aryl methyl sites for hydroxylation is 2. The van der Waals surface area contributed by atoms with Crippen molar-refractivity contribution in [3.8, 4) is 5.75 Å². The molecule has 0 fully saturated rings. The summed E-state index contributed by atoms with van der Waals surface area (Å²) in [6.07, 6.45) is 1.62. The maximum atomic E-state index is 12.6. The van der Waals surface area contributed by atoms with E-state index in [1.807, 2.05) is 6.07 Å². The first kappa shape index (κ1) is 21.7. The van der Waals surface area contributed by atoms with Crippen LogP contribution in [-0.4, -0.2) is 23.8 Å². The molecule has 0 bridgehead atoms. The molecule has 0 aliphatic heterocycles. The third-order valence-electron chi connectivity index (χ3n) is 4.62. The zero-order valence-corrected chi connectivity index (χ0v) is 18.8. The quantitative estimate of drug-likeness (QED) is 0.314. The number of esters is 1. The van der Waals surface area contributed by atoms with Crippen molar-refractivity contribution in [2.24, 2.45) is 0 Å². The third-order valence-corrected chi connectivity index (χ3v) is 6.76. The summed E-state index contributed by atoms with van der Waals surface area (Å²) in [4.78, 5) is 29.2. The van der Waals surface area contributed by atoms with E-state index in [4.69, 9.17) is 8.92 Å². The largest absolute Gasteiger partial charge is 0.456 e. The lowest BCUT2D eigenvalue weighted by Crippen LogP contribution is -2.14. The van der Waals surface area contributed by atoms with Crippen molar-refractivity contribution in [1.82, 2.24) is 9.38 Å². The van der Waals surface area contributed by atoms with Crippen molar-refractivity contribution >= 4 is 32.4 Å². The van der Waals surface area contributed by atoms with Gasteiger partial charge in [0.15, 0.2) is 4.96 Å². The van der Waals surface area contributed by atoms with Gasteiger partial charge >= 0.3 is 16.1 Å². The lowest BCUT2D eigenvalue weighted by molar-refractivity contribution is 0.0468. The molecule has 2 aromatic carbocycles. The van der Waals surface area contributed by atoms with Crippen molar-refractivity contribution in [2.75, 3.05) is 0 Å². The highest BCUT2D eigenvalue weighted by molar-refractivity contribution is 7.87. The molecule has 0 aliphatic carbocycles. The number of rotatable bonds is 6. The molecular formula is C22H18N2O6S2. The predicted molar refractivity (Wildman–Crippen MR) is 119 cm³/mol. The predicted octanol–water partition coefficient (Wildman–Crippen LogP) is 3.50. The van der Waals surface area contributed by atoms with Gasteiger partial charge in [-0.3, -0.25) is 9.20 Å². The van der Waals surface area contributed by atoms with E-state index in [1.54, 1.807) is 37.6 Å². The molecule has 0 spiro atoms. The van der Waals surface area contributed by atoms with Crippen molar-refractivity contribution in [3.05, 3.63) is 92.8 Å². The number of ether oxygens (including phenoxy) is 1. The summed E-state index contributed by atoms with van der Waals surface area (Å²) in [5.41, 5.74) is 1.66. The topological polar surface area (TPSA) is 104 Å². The molecule has 0 saturated carbocycles. The fourth-order valence-corrected chi connectivity index (χ4v) is 4.96. The number of aromatic nitrogens is 2. The van der Waals surface area contributed by atoms with Crippen LogP contribution >= 0.6 is 11.3 Å². The van der Waals surface area contributed by atoms with Crippen LogP contribution < -0.4 is 9.74 Å². The van der Waals surface area contributed by atoms with Crippen LogP contribution in [0.15, 0.2) is 69.8 Å². The van der Waals surface area contributed by atoms with E-state index in [0.717, 1.165) is 5.56 Å². The monoisotopic (exact) mass is 470 g/mol. The summed E-state index contributed by atoms with van der Waals surface area (Å²) in [5, 5.41) is 1.74. The zero-order valence-electron chi connectivity index (χ0n) is 17.1. The normalized spacial score (nSPS) is 11.4. The van der Waals surface area contributed by atoms with E-state index >= 15 is 0 Å². The Morgan fingerprint density at radius 2 is 1.84 bits per heavy atom. The number of carbonyl (C=O) groups is 1. The summed E-state index contributed by atoms with van der Waals surface area (Å²) in [6.45, 7) is 3.32. The summed E-state index contributed by atoms with van der Waals surface area (Å²) in [5.74, 6) is -0.567. The van der Waals surface area contributed by atoms with Gasteiger partial charge in [0.2, 0.25) is 0 Å². The molecule has 32 heavy (non-hydrogen) atoms. The van der Waals surface area contributed by atoms with Gasteiger partial charge in [-0.05, 0) is 55.3 Å². The molecule has 0 saturated heterocycles. The highest BCUT2D eigenvalue weighted by Crippen LogP contribution is 2.23. The smallest absolute Gasteiger partial charge is 0.339 e. The minimum Gasteiger partial charge on any atom is -0.456 e. The van der Waals surface area contributed by atoms with Gasteiger partial charge in [-0.1, -0.05) is 12.1 Å². The summed E-state index contributed by atoms with van der Waals surface area (Å²) < 4.78 is 37.1. The lowest BCUT2D eigenvalue weighted by Gasteiger charge is -2.10. The average molecular weight is 471 g/mol. The Bertz CT molecular complexity index is 1470. The van der Waals surface area contributed by atoms with Crippen LogP contribution in [0.2, 0.25) is 0 Å². The molecule has 0 radical (unpaired) electrons. The van der Waals surface area contributed by atoms with Crippen LogP contribution in [-0.2, 0) is 21.5 Å². The summed E-state index contributed by atoms with van der Waals surface area (Å²) in [6, 6.07) is 11.9. The Morgan fingerprint density at radius 3 is 2.59 bits per heavy atom. The van der Waals surface area contributed by atoms with E-state index in [1.165, 1.54) is 46.1 Å². The molecule has 2 heterocycles. The molecule has 4 aromatic rings. The Kier molecular flexibility index (Phi) is 5.81. The van der Waals surface area contributed by atoms with Gasteiger partial charge < -0.3 is 8.92 Å². The summed E-state index contributed by atoms with van der Waals surface area (Å²) in [7, 11) is -4.02. The molecule has 0 aliphatic rings. The number of hydrogen-bond donors (Lipinski definition) is 0. The van der Waals surface area contributed by atoms with Gasteiger partial charge in [-0.2, -0.15) is 8.42 Å². The number of nitrogens with zero attached hydrogens (tertiary/aromatic N) is 2. The number of fused-ring (bicyclic) bond motifs is 1. The number of benzene rings is 2. The van der Waals surface area contributed by atoms with Crippen molar-refractivity contribution in [2.45, 2.75) is 25.3 Å². The van der Waals surface area contributed by atoms with Crippen molar-refractivity contribution in [1.29, 1.82) is 0 Å². The molecule has 0 atom stereocenters. The van der Waals surface area contributed by atoms with Crippen LogP contribution in [0, 0.1) is 13.8 Å². The standard InChI is InChI=1S/C22H18N2O6S2/c1-14-3-4-15(2)19(11-14)32(27,28)30-18-7-5-16(6-8-18)21(26)29-13-17-12-20(25)24-9-10-31-22(24)23-17/h3-12H,13H2,1-2H3. The zero-order chi connectivity index (χ0) is 22.9. The average Bonchev–Trinajstić information content (AvgIpc) is 3.23. The van der Waals surface area contributed by atoms with Crippen LogP contribution in [0.4, 0.5) is 0 Å². The van der Waals surface area contributed by atoms with Gasteiger partial charge in [-0.25, -0.2) is 9.78 Å². The van der Waals surface area contributed by atoms with Crippen LogP contribution in [0.1, 0.15) is 27.2 Å². The second kappa shape index (κ2) is 8.56. The van der Waals surface area contributed by atoms with Gasteiger partial charge in [-0.15, -0.1) is 11.3 Å². The molecular weight excluding hydrogens is 452 g/mol. The number of thiazole rings is 1. The van der Waals surface area contributed by atoms with Gasteiger partial charge in [0.25, 0.3) is 5.56 Å². The highest BCUT2D eigenvalue weighted by Gasteiger charge is 2.20. The fraction of sp³-hybridized carbons (Fsp3) is 0.136. The SMILES string of the molecule is Cc1ccc(C)c(S(=O)(=O)Oc2ccc(C(=O)OCc3cc(=O)n4ccsc4n3)cc2)c1. The van der Waals surface area contributed by atoms with E-state index in [9.17, 15) is 18.0 Å². The van der Waals surface area contributed by atoms with Crippen molar-refractivity contribution < 1.29 is 22.1 Å². The van der Waals surface area contributed by atoms with Crippen LogP contribution in [0.3, 0.4) is 0 Å². The Hall–Kier alpha value is -3.50. The Balaban J connectivity index is 1.44. The van der Waals surface area contributed by atoms with Crippen LogP contribution in [0.25, 0.3) is 4.96 Å². The van der Waals surface area contributed by atoms with Crippen LogP contribution in [0.5, 0.6) is 5.75 Å². The molecule has 4 rings (SSSR count). The van der Waals surface area contributed by atoms with E-state index in [0.29, 0.717) is 16.2 Å². The number of hydrogen-bond acceptors (Lipinski definition) is 8. The molecule has 2 aromatic heterocycles. The first-order valence-electron chi connectivity index (χ1n) is 9.48. The first-order chi connectivity index (χ1) is 15.2. The highest BCUT2D eigenvalue weighted by atomic mass is 32.2. The minimum absolute atomic E-state index is 0.0697. The Morgan fingerprint density at radius 1 is 1.09 bits per heavy atom. The van der Waals surface area contributed by atoms with Crippen molar-refractivity contribution in [3.63, 3.8) is 0 Å². The second-order valence-corrected chi connectivity index (χ2v) is 9.44. The van der Waals surface area contributed by atoms with E-state index in [-0.39, 0.29) is 28.4 Å². The van der Waals surface area contributed by atoms with Gasteiger partial charge in [0.05, 0.1) is 11.3 Å². The van der Waals surface area contributed by atoms with Gasteiger partial charge in [0, 0.05) is 17.6 Å². The summed E-state index contributed by atoms with van der Waals surface area (Å²) >= 11 is 1.30. The number of carbonyl (C=O) groups excluding carboxylic acids is 1. The Labute approximate surface area is 187 Å². The molecule has 8 nitrogen and oxygen atoms in total. The second-order valence-electron chi connectivity index (χ2n) is 7.05. The van der Waals surface area contributed by atoms with E-state index < -0.39 is 16.1 Å². The third kappa shape index (κ3) is 4.56. The maximum absolute atomic E-state index is 12.6.